The molecule has 2 aromatic heterocycles. The Balaban J connectivity index is 1.54. The number of fused-ring (bicyclic) bond motifs is 1. The van der Waals surface area contributed by atoms with Gasteiger partial charge in [0.05, 0.1) is 11.3 Å². The third-order valence-corrected chi connectivity index (χ3v) is 5.53. The number of amides is 1. The van der Waals surface area contributed by atoms with Gasteiger partial charge >= 0.3 is 6.18 Å². The maximum Gasteiger partial charge on any atom is 0.416 e. The van der Waals surface area contributed by atoms with Gasteiger partial charge in [-0.2, -0.15) is 23.5 Å². The lowest BCUT2D eigenvalue weighted by Gasteiger charge is -2.09. The van der Waals surface area contributed by atoms with Crippen LogP contribution in [0.1, 0.15) is 11.1 Å². The van der Waals surface area contributed by atoms with Crippen LogP contribution in [0, 0.1) is 11.3 Å². The van der Waals surface area contributed by atoms with Crippen LogP contribution in [-0.4, -0.2) is 15.7 Å². The molecule has 0 bridgehead atoms. The zero-order valence-electron chi connectivity index (χ0n) is 19.0. The van der Waals surface area contributed by atoms with Crippen molar-refractivity contribution in [2.75, 3.05) is 5.32 Å². The van der Waals surface area contributed by atoms with E-state index in [-0.39, 0.29) is 11.3 Å². The highest BCUT2D eigenvalue weighted by atomic mass is 19.4. The number of hydrogen-bond donors (Lipinski definition) is 1. The summed E-state index contributed by atoms with van der Waals surface area (Å²) in [4.78, 5) is 12.8. The summed E-state index contributed by atoms with van der Waals surface area (Å²) < 4.78 is 46.7. The van der Waals surface area contributed by atoms with Crippen molar-refractivity contribution >= 4 is 28.6 Å². The summed E-state index contributed by atoms with van der Waals surface area (Å²) in [7, 11) is 0. The van der Waals surface area contributed by atoms with Gasteiger partial charge in [-0.3, -0.25) is 4.79 Å². The third kappa shape index (κ3) is 4.99. The minimum absolute atomic E-state index is 0.0848. The zero-order valence-corrected chi connectivity index (χ0v) is 19.0. The molecule has 0 aliphatic rings. The average molecular weight is 498 g/mol. The molecule has 182 valence electrons. The van der Waals surface area contributed by atoms with Gasteiger partial charge in [-0.15, -0.1) is 0 Å². The molecule has 9 heteroatoms. The molecular weight excluding hydrogens is 481 g/mol. The Morgan fingerprint density at radius 3 is 2.49 bits per heavy atom. The van der Waals surface area contributed by atoms with Gasteiger partial charge in [0.25, 0.3) is 5.91 Å². The second kappa shape index (κ2) is 9.51. The molecule has 0 atom stereocenters. The van der Waals surface area contributed by atoms with E-state index >= 15 is 0 Å². The summed E-state index contributed by atoms with van der Waals surface area (Å²) in [6, 6.07) is 24.5. The summed E-state index contributed by atoms with van der Waals surface area (Å²) in [6.07, 6.45) is -1.59. The largest absolute Gasteiger partial charge is 0.454 e. The van der Waals surface area contributed by atoms with Gasteiger partial charge in [-0.1, -0.05) is 42.5 Å². The molecule has 0 radical (unpaired) electrons. The molecule has 0 fully saturated rings. The summed E-state index contributed by atoms with van der Waals surface area (Å²) in [5, 5.41) is 17.6. The molecule has 6 nitrogen and oxygen atoms in total. The molecule has 2 heterocycles. The molecule has 0 unspecified atom stereocenters. The van der Waals surface area contributed by atoms with E-state index in [0.29, 0.717) is 22.6 Å². The first-order valence-corrected chi connectivity index (χ1v) is 11.1. The average Bonchev–Trinajstić information content (AvgIpc) is 3.51. The van der Waals surface area contributed by atoms with E-state index in [2.05, 4.69) is 10.4 Å². The van der Waals surface area contributed by atoms with Gasteiger partial charge in [0, 0.05) is 22.8 Å². The standard InChI is InChI=1S/C28H17F3N4O2/c29-28(30,31)21-8-6-9-22(15-21)33-27(36)19(16-32)13-20-17-35(23-10-2-1-3-11-23)34-26(20)25-14-18-7-4-5-12-24(18)37-25/h1-15,17H,(H,33,36). The molecule has 0 spiro atoms. The Labute approximate surface area is 208 Å². The highest BCUT2D eigenvalue weighted by Gasteiger charge is 2.30. The molecule has 1 N–H and O–H groups in total. The van der Waals surface area contributed by atoms with Gasteiger partial charge in [-0.25, -0.2) is 4.68 Å². The number of halogens is 3. The number of nitrogens with zero attached hydrogens (tertiary/aromatic N) is 3. The first-order chi connectivity index (χ1) is 17.8. The van der Waals surface area contributed by atoms with E-state index in [0.717, 1.165) is 23.2 Å². The predicted octanol–water partition coefficient (Wildman–Crippen LogP) is 6.85. The molecular formula is C28H17F3N4O2. The van der Waals surface area contributed by atoms with Crippen molar-refractivity contribution in [2.24, 2.45) is 0 Å². The number of rotatable bonds is 5. The van der Waals surface area contributed by atoms with E-state index in [1.807, 2.05) is 60.7 Å². The monoisotopic (exact) mass is 498 g/mol. The number of para-hydroxylation sites is 2. The zero-order chi connectivity index (χ0) is 26.0. The first-order valence-electron chi connectivity index (χ1n) is 11.1. The highest BCUT2D eigenvalue weighted by molar-refractivity contribution is 6.10. The number of hydrogen-bond acceptors (Lipinski definition) is 4. The Hall–Kier alpha value is -5.10. The number of carbonyl (C=O) groups is 1. The van der Waals surface area contributed by atoms with Crippen LogP contribution in [0.15, 0.2) is 101 Å². The Morgan fingerprint density at radius 2 is 1.76 bits per heavy atom. The second-order valence-electron chi connectivity index (χ2n) is 8.06. The van der Waals surface area contributed by atoms with Gasteiger partial charge in [0.15, 0.2) is 5.76 Å². The lowest BCUT2D eigenvalue weighted by Crippen LogP contribution is -2.14. The van der Waals surface area contributed by atoms with Gasteiger partial charge in [0.1, 0.15) is 22.9 Å². The number of carbonyl (C=O) groups excluding carboxylic acids is 1. The SMILES string of the molecule is N#CC(=Cc1cn(-c2ccccc2)nc1-c1cc2ccccc2o1)C(=O)Nc1cccc(C(F)(F)F)c1. The molecule has 0 aliphatic heterocycles. The van der Waals surface area contributed by atoms with Crippen LogP contribution in [0.4, 0.5) is 18.9 Å². The molecule has 5 aromatic rings. The number of nitriles is 1. The maximum absolute atomic E-state index is 13.0. The smallest absolute Gasteiger partial charge is 0.416 e. The van der Waals surface area contributed by atoms with Crippen LogP contribution in [0.5, 0.6) is 0 Å². The van der Waals surface area contributed by atoms with Crippen LogP contribution in [0.2, 0.25) is 0 Å². The van der Waals surface area contributed by atoms with Crippen molar-refractivity contribution in [1.82, 2.24) is 9.78 Å². The van der Waals surface area contributed by atoms with Crippen molar-refractivity contribution in [3.05, 3.63) is 108 Å². The van der Waals surface area contributed by atoms with E-state index in [1.54, 1.807) is 16.9 Å². The quantitative estimate of drug-likeness (QED) is 0.212. The molecule has 1 amide bonds. The van der Waals surface area contributed by atoms with Crippen molar-refractivity contribution in [2.45, 2.75) is 6.18 Å². The van der Waals surface area contributed by atoms with Crippen LogP contribution in [0.25, 0.3) is 34.2 Å². The normalized spacial score (nSPS) is 11.9. The number of furan rings is 1. The molecule has 5 rings (SSSR count). The van der Waals surface area contributed by atoms with E-state index in [1.165, 1.54) is 18.2 Å². The minimum atomic E-state index is -4.57. The Morgan fingerprint density at radius 1 is 1.00 bits per heavy atom. The van der Waals surface area contributed by atoms with Crippen molar-refractivity contribution < 1.29 is 22.4 Å². The third-order valence-electron chi connectivity index (χ3n) is 5.53. The molecule has 37 heavy (non-hydrogen) atoms. The first kappa shape index (κ1) is 23.6. The van der Waals surface area contributed by atoms with Gasteiger partial charge in [0.2, 0.25) is 0 Å². The van der Waals surface area contributed by atoms with Crippen molar-refractivity contribution in [1.29, 1.82) is 5.26 Å². The molecule has 3 aromatic carbocycles. The summed E-state index contributed by atoms with van der Waals surface area (Å²) in [5.74, 6) is -0.428. The lowest BCUT2D eigenvalue weighted by atomic mass is 10.1. The molecule has 0 saturated heterocycles. The number of anilines is 1. The van der Waals surface area contributed by atoms with Crippen molar-refractivity contribution in [3.8, 4) is 23.2 Å². The predicted molar refractivity (Wildman–Crippen MR) is 132 cm³/mol. The molecule has 0 saturated carbocycles. The number of alkyl halides is 3. The topological polar surface area (TPSA) is 83.8 Å². The van der Waals surface area contributed by atoms with E-state index in [9.17, 15) is 23.2 Å². The summed E-state index contributed by atoms with van der Waals surface area (Å²) in [5.41, 5.74) is 0.874. The van der Waals surface area contributed by atoms with Gasteiger partial charge < -0.3 is 9.73 Å². The summed E-state index contributed by atoms with van der Waals surface area (Å²) in [6.45, 7) is 0. The number of benzene rings is 3. The van der Waals surface area contributed by atoms with Crippen LogP contribution < -0.4 is 5.32 Å². The maximum atomic E-state index is 13.0. The number of aromatic nitrogens is 2. The minimum Gasteiger partial charge on any atom is -0.454 e. The highest BCUT2D eigenvalue weighted by Crippen LogP contribution is 2.32. The van der Waals surface area contributed by atoms with Gasteiger partial charge in [-0.05, 0) is 48.5 Å². The fourth-order valence-electron chi connectivity index (χ4n) is 3.77. The van der Waals surface area contributed by atoms with E-state index in [4.69, 9.17) is 4.42 Å². The number of nitrogens with one attached hydrogen (secondary N) is 1. The van der Waals surface area contributed by atoms with Crippen LogP contribution in [0.3, 0.4) is 0 Å². The van der Waals surface area contributed by atoms with Crippen molar-refractivity contribution in [3.63, 3.8) is 0 Å². The fraction of sp³-hybridized carbons (Fsp3) is 0.0357. The Kier molecular flexibility index (Phi) is 6.07. The summed E-state index contributed by atoms with van der Waals surface area (Å²) >= 11 is 0. The van der Waals surface area contributed by atoms with E-state index < -0.39 is 17.6 Å². The molecule has 0 aliphatic carbocycles. The lowest BCUT2D eigenvalue weighted by molar-refractivity contribution is -0.137. The van der Waals surface area contributed by atoms with Crippen LogP contribution in [-0.2, 0) is 11.0 Å². The Bertz CT molecular complexity index is 1640. The van der Waals surface area contributed by atoms with Crippen LogP contribution >= 0.6 is 0 Å². The fourth-order valence-corrected chi connectivity index (χ4v) is 3.77. The second-order valence-corrected chi connectivity index (χ2v) is 8.06.